The molecule has 4 rings (SSSR count). The fourth-order valence-electron chi connectivity index (χ4n) is 4.17. The van der Waals surface area contributed by atoms with Crippen molar-refractivity contribution in [1.82, 2.24) is 9.80 Å². The van der Waals surface area contributed by atoms with E-state index in [1.165, 1.54) is 16.7 Å². The van der Waals surface area contributed by atoms with Gasteiger partial charge >= 0.3 is 0 Å². The molecule has 0 bridgehead atoms. The molecule has 2 unspecified atom stereocenters. The number of sulfone groups is 1. The van der Waals surface area contributed by atoms with Crippen LogP contribution in [0.15, 0.2) is 54.6 Å². The minimum absolute atomic E-state index is 0.104. The van der Waals surface area contributed by atoms with Crippen molar-refractivity contribution >= 4 is 9.84 Å². The summed E-state index contributed by atoms with van der Waals surface area (Å²) in [6.07, 6.45) is 0. The fourth-order valence-corrected chi connectivity index (χ4v) is 6.26. The number of piperazine rings is 1. The van der Waals surface area contributed by atoms with Gasteiger partial charge in [0.1, 0.15) is 0 Å². The van der Waals surface area contributed by atoms with Gasteiger partial charge in [0.15, 0.2) is 9.84 Å². The van der Waals surface area contributed by atoms with Gasteiger partial charge in [-0.1, -0.05) is 54.6 Å². The van der Waals surface area contributed by atoms with Gasteiger partial charge in [-0.15, -0.1) is 0 Å². The fraction of sp³-hybridized carbons (Fsp3) is 0.400. The summed E-state index contributed by atoms with van der Waals surface area (Å²) >= 11 is 0. The summed E-state index contributed by atoms with van der Waals surface area (Å²) in [5.74, 6) is 0.584. The first-order valence-electron chi connectivity index (χ1n) is 8.81. The topological polar surface area (TPSA) is 40.6 Å². The quantitative estimate of drug-likeness (QED) is 0.846. The van der Waals surface area contributed by atoms with Crippen LogP contribution in [0.3, 0.4) is 0 Å². The van der Waals surface area contributed by atoms with Gasteiger partial charge in [-0.2, -0.15) is 0 Å². The van der Waals surface area contributed by atoms with Crippen molar-refractivity contribution in [3.63, 3.8) is 0 Å². The van der Waals surface area contributed by atoms with Gasteiger partial charge in [0, 0.05) is 31.7 Å². The van der Waals surface area contributed by atoms with Crippen molar-refractivity contribution < 1.29 is 8.42 Å². The van der Waals surface area contributed by atoms with Gasteiger partial charge in [-0.3, -0.25) is 9.80 Å². The molecule has 2 aliphatic rings. The van der Waals surface area contributed by atoms with Crippen LogP contribution in [0.25, 0.3) is 11.1 Å². The zero-order valence-electron chi connectivity index (χ0n) is 14.5. The predicted octanol–water partition coefficient (Wildman–Crippen LogP) is 2.27. The van der Waals surface area contributed by atoms with Gasteiger partial charge < -0.3 is 0 Å². The molecule has 0 aliphatic carbocycles. The monoisotopic (exact) mass is 356 g/mol. The zero-order valence-corrected chi connectivity index (χ0v) is 15.3. The molecule has 0 spiro atoms. The summed E-state index contributed by atoms with van der Waals surface area (Å²) in [6, 6.07) is 19.1. The Morgan fingerprint density at radius 1 is 0.920 bits per heavy atom. The first-order chi connectivity index (χ1) is 12.0. The van der Waals surface area contributed by atoms with Crippen molar-refractivity contribution in [1.29, 1.82) is 0 Å². The van der Waals surface area contributed by atoms with Crippen molar-refractivity contribution in [2.45, 2.75) is 18.6 Å². The van der Waals surface area contributed by atoms with Gasteiger partial charge in [0.05, 0.1) is 11.5 Å². The molecule has 0 N–H and O–H groups in total. The normalized spacial score (nSPS) is 26.4. The van der Waals surface area contributed by atoms with E-state index in [4.69, 9.17) is 0 Å². The van der Waals surface area contributed by atoms with Crippen LogP contribution < -0.4 is 0 Å². The molecule has 4 nitrogen and oxygen atoms in total. The summed E-state index contributed by atoms with van der Waals surface area (Å²) in [7, 11) is -0.883. The second-order valence-corrected chi connectivity index (χ2v) is 9.34. The van der Waals surface area contributed by atoms with Crippen molar-refractivity contribution in [3.05, 3.63) is 60.2 Å². The first kappa shape index (κ1) is 16.8. The SMILES string of the molecule is CN1CCN(Cc2ccccc2-c2ccccc2)C2CS(=O)(=O)CC21. The van der Waals surface area contributed by atoms with E-state index in [9.17, 15) is 8.42 Å². The molecule has 0 saturated carbocycles. The molecule has 2 saturated heterocycles. The lowest BCUT2D eigenvalue weighted by Gasteiger charge is -2.42. The maximum Gasteiger partial charge on any atom is 0.153 e. The van der Waals surface area contributed by atoms with Crippen LogP contribution in [0.4, 0.5) is 0 Å². The van der Waals surface area contributed by atoms with Crippen LogP contribution in [-0.4, -0.2) is 61.9 Å². The highest BCUT2D eigenvalue weighted by atomic mass is 32.2. The molecule has 25 heavy (non-hydrogen) atoms. The Labute approximate surface area is 150 Å². The van der Waals surface area contributed by atoms with Crippen LogP contribution >= 0.6 is 0 Å². The third kappa shape index (κ3) is 3.36. The van der Waals surface area contributed by atoms with E-state index in [2.05, 4.69) is 58.3 Å². The van der Waals surface area contributed by atoms with E-state index in [1.807, 2.05) is 13.1 Å². The Balaban J connectivity index is 1.63. The molecule has 2 aromatic carbocycles. The molecule has 0 aromatic heterocycles. The van der Waals surface area contributed by atoms with Crippen molar-refractivity contribution in [2.24, 2.45) is 0 Å². The zero-order chi connectivity index (χ0) is 17.4. The third-order valence-corrected chi connectivity index (χ3v) is 7.24. The smallest absolute Gasteiger partial charge is 0.153 e. The predicted molar refractivity (Wildman–Crippen MR) is 101 cm³/mol. The summed E-state index contributed by atoms with van der Waals surface area (Å²) in [5, 5.41) is 0. The number of likely N-dealkylation sites (N-methyl/N-ethyl adjacent to an activating group) is 1. The summed E-state index contributed by atoms with van der Waals surface area (Å²) in [4.78, 5) is 4.59. The van der Waals surface area contributed by atoms with E-state index in [0.717, 1.165) is 19.6 Å². The minimum Gasteiger partial charge on any atom is -0.300 e. The molecule has 2 atom stereocenters. The molecule has 132 valence electrons. The van der Waals surface area contributed by atoms with Crippen molar-refractivity contribution in [2.75, 3.05) is 31.6 Å². The van der Waals surface area contributed by atoms with Crippen LogP contribution in [0.1, 0.15) is 5.56 Å². The number of nitrogens with zero attached hydrogens (tertiary/aromatic N) is 2. The highest BCUT2D eigenvalue weighted by molar-refractivity contribution is 7.91. The lowest BCUT2D eigenvalue weighted by atomic mass is 9.97. The minimum atomic E-state index is -2.93. The van der Waals surface area contributed by atoms with Gasteiger partial charge in [0.2, 0.25) is 0 Å². The molecule has 2 aromatic rings. The molecule has 0 radical (unpaired) electrons. The number of benzene rings is 2. The first-order valence-corrected chi connectivity index (χ1v) is 10.6. The molecule has 0 amide bonds. The Hall–Kier alpha value is -1.69. The molecule has 2 aliphatic heterocycles. The molecule has 2 fully saturated rings. The highest BCUT2D eigenvalue weighted by Crippen LogP contribution is 2.30. The average Bonchev–Trinajstić information content (AvgIpc) is 2.95. The van der Waals surface area contributed by atoms with Crippen LogP contribution in [0.5, 0.6) is 0 Å². The van der Waals surface area contributed by atoms with E-state index in [0.29, 0.717) is 5.75 Å². The summed E-state index contributed by atoms with van der Waals surface area (Å²) in [6.45, 7) is 2.64. The Morgan fingerprint density at radius 3 is 2.40 bits per heavy atom. The Morgan fingerprint density at radius 2 is 1.60 bits per heavy atom. The van der Waals surface area contributed by atoms with E-state index in [1.54, 1.807) is 0 Å². The average molecular weight is 356 g/mol. The lowest BCUT2D eigenvalue weighted by molar-refractivity contribution is 0.0574. The number of rotatable bonds is 3. The maximum absolute atomic E-state index is 12.2. The van der Waals surface area contributed by atoms with Crippen LogP contribution in [0, 0.1) is 0 Å². The molecular weight excluding hydrogens is 332 g/mol. The Kier molecular flexibility index (Phi) is 4.40. The summed E-state index contributed by atoms with van der Waals surface area (Å²) < 4.78 is 24.4. The van der Waals surface area contributed by atoms with Crippen LogP contribution in [-0.2, 0) is 16.4 Å². The second kappa shape index (κ2) is 6.56. The Bertz CT molecular complexity index is 851. The summed E-state index contributed by atoms with van der Waals surface area (Å²) in [5.41, 5.74) is 3.71. The van der Waals surface area contributed by atoms with E-state index < -0.39 is 9.84 Å². The highest BCUT2D eigenvalue weighted by Gasteiger charge is 2.45. The molecular formula is C20H24N2O2S. The number of hydrogen-bond acceptors (Lipinski definition) is 4. The third-order valence-electron chi connectivity index (χ3n) is 5.54. The van der Waals surface area contributed by atoms with Crippen LogP contribution in [0.2, 0.25) is 0 Å². The molecule has 2 heterocycles. The standard InChI is InChI=1S/C20H24N2O2S/c1-21-11-12-22(20-15-25(23,24)14-19(20)21)13-17-9-5-6-10-18(17)16-7-3-2-4-8-16/h2-10,19-20H,11-15H2,1H3. The van der Waals surface area contributed by atoms with Gasteiger partial charge in [-0.05, 0) is 23.7 Å². The largest absolute Gasteiger partial charge is 0.300 e. The second-order valence-electron chi connectivity index (χ2n) is 7.19. The van der Waals surface area contributed by atoms with E-state index in [-0.39, 0.29) is 17.8 Å². The molecule has 5 heteroatoms. The van der Waals surface area contributed by atoms with Gasteiger partial charge in [0.25, 0.3) is 0 Å². The maximum atomic E-state index is 12.2. The van der Waals surface area contributed by atoms with Gasteiger partial charge in [-0.25, -0.2) is 8.42 Å². The number of fused-ring (bicyclic) bond motifs is 1. The van der Waals surface area contributed by atoms with Crippen molar-refractivity contribution in [3.8, 4) is 11.1 Å². The number of hydrogen-bond donors (Lipinski definition) is 0. The lowest BCUT2D eigenvalue weighted by Crippen LogP contribution is -2.57. The van der Waals surface area contributed by atoms with E-state index >= 15 is 0 Å².